The summed E-state index contributed by atoms with van der Waals surface area (Å²) in [6, 6.07) is 16.3. The highest BCUT2D eigenvalue weighted by atomic mass is 79.9. The summed E-state index contributed by atoms with van der Waals surface area (Å²) in [5.74, 6) is 0.0274. The number of hydrogen-bond acceptors (Lipinski definition) is 3. The molecule has 1 saturated heterocycles. The molecule has 0 unspecified atom stereocenters. The maximum atomic E-state index is 12.2. The average molecular weight is 417 g/mol. The highest BCUT2D eigenvalue weighted by molar-refractivity contribution is 9.10. The molecule has 0 bridgehead atoms. The van der Waals surface area contributed by atoms with Crippen LogP contribution in [0.1, 0.15) is 34.3 Å². The van der Waals surface area contributed by atoms with E-state index < -0.39 is 0 Å². The van der Waals surface area contributed by atoms with Gasteiger partial charge in [-0.2, -0.15) is 0 Å². The summed E-state index contributed by atoms with van der Waals surface area (Å²) < 4.78 is 6.69. The minimum Gasteiger partial charge on any atom is -0.381 e. The van der Waals surface area contributed by atoms with E-state index >= 15 is 0 Å². The number of rotatable bonds is 5. The standard InChI is InChI=1S/C21H25BrN2O2/c1-24(2)20(25)17-6-3-5-16(13-17)15-23-21(9-11-26-12-10-21)18-7-4-8-19(22)14-18/h3-8,13-14,23H,9-12,15H2,1-2H3. The molecule has 1 fully saturated rings. The molecule has 5 heteroatoms. The summed E-state index contributed by atoms with van der Waals surface area (Å²) in [6.07, 6.45) is 1.86. The van der Waals surface area contributed by atoms with Crippen molar-refractivity contribution in [1.82, 2.24) is 10.2 Å². The monoisotopic (exact) mass is 416 g/mol. The topological polar surface area (TPSA) is 41.6 Å². The minimum atomic E-state index is -0.108. The highest BCUT2D eigenvalue weighted by Gasteiger charge is 2.34. The molecule has 0 aromatic heterocycles. The van der Waals surface area contributed by atoms with Gasteiger partial charge in [-0.25, -0.2) is 0 Å². The maximum Gasteiger partial charge on any atom is 0.253 e. The highest BCUT2D eigenvalue weighted by Crippen LogP contribution is 2.34. The second-order valence-corrected chi connectivity index (χ2v) is 7.87. The fourth-order valence-electron chi connectivity index (χ4n) is 3.42. The van der Waals surface area contributed by atoms with Crippen molar-refractivity contribution in [2.45, 2.75) is 24.9 Å². The fraction of sp³-hybridized carbons (Fsp3) is 0.381. The fourth-order valence-corrected chi connectivity index (χ4v) is 3.82. The van der Waals surface area contributed by atoms with Crippen LogP contribution in [0.2, 0.25) is 0 Å². The van der Waals surface area contributed by atoms with Gasteiger partial charge in [0.05, 0.1) is 0 Å². The van der Waals surface area contributed by atoms with Crippen LogP contribution in [0.15, 0.2) is 53.0 Å². The van der Waals surface area contributed by atoms with Crippen LogP contribution in [-0.4, -0.2) is 38.1 Å². The van der Waals surface area contributed by atoms with Gasteiger partial charge in [0.1, 0.15) is 0 Å². The quantitative estimate of drug-likeness (QED) is 0.801. The molecule has 4 nitrogen and oxygen atoms in total. The summed E-state index contributed by atoms with van der Waals surface area (Å²) in [6.45, 7) is 2.21. The van der Waals surface area contributed by atoms with Crippen molar-refractivity contribution in [3.8, 4) is 0 Å². The Labute approximate surface area is 163 Å². The van der Waals surface area contributed by atoms with Crippen molar-refractivity contribution >= 4 is 21.8 Å². The zero-order valence-corrected chi connectivity index (χ0v) is 16.9. The van der Waals surface area contributed by atoms with E-state index in [4.69, 9.17) is 4.74 Å². The van der Waals surface area contributed by atoms with Gasteiger partial charge in [0.2, 0.25) is 0 Å². The van der Waals surface area contributed by atoms with Crippen LogP contribution in [0.25, 0.3) is 0 Å². The number of carbonyl (C=O) groups is 1. The molecular weight excluding hydrogens is 392 g/mol. The lowest BCUT2D eigenvalue weighted by molar-refractivity contribution is 0.0357. The first kappa shape index (κ1) is 19.1. The molecule has 0 saturated carbocycles. The smallest absolute Gasteiger partial charge is 0.253 e. The van der Waals surface area contributed by atoms with Crippen LogP contribution in [0.5, 0.6) is 0 Å². The first-order valence-electron chi connectivity index (χ1n) is 8.90. The third kappa shape index (κ3) is 4.34. The molecule has 0 aliphatic carbocycles. The predicted molar refractivity (Wildman–Crippen MR) is 107 cm³/mol. The van der Waals surface area contributed by atoms with Gasteiger partial charge in [-0.05, 0) is 48.2 Å². The molecule has 1 aliphatic rings. The van der Waals surface area contributed by atoms with Crippen molar-refractivity contribution in [3.63, 3.8) is 0 Å². The summed E-state index contributed by atoms with van der Waals surface area (Å²) >= 11 is 3.59. The Kier molecular flexibility index (Phi) is 6.12. The van der Waals surface area contributed by atoms with Crippen LogP contribution in [0.3, 0.4) is 0 Å². The Balaban J connectivity index is 1.81. The number of nitrogens with one attached hydrogen (secondary N) is 1. The van der Waals surface area contributed by atoms with Crippen molar-refractivity contribution in [2.75, 3.05) is 27.3 Å². The SMILES string of the molecule is CN(C)C(=O)c1cccc(CNC2(c3cccc(Br)c3)CCOCC2)c1. The molecule has 1 heterocycles. The first-order valence-corrected chi connectivity index (χ1v) is 9.69. The Morgan fingerprint density at radius 1 is 1.15 bits per heavy atom. The molecular formula is C21H25BrN2O2. The van der Waals surface area contributed by atoms with E-state index in [1.54, 1.807) is 19.0 Å². The number of ether oxygens (including phenoxy) is 1. The minimum absolute atomic E-state index is 0.0274. The number of amides is 1. The van der Waals surface area contributed by atoms with Crippen molar-refractivity contribution in [3.05, 3.63) is 69.7 Å². The molecule has 1 aliphatic heterocycles. The summed E-state index contributed by atoms with van der Waals surface area (Å²) in [7, 11) is 3.55. The van der Waals surface area contributed by atoms with E-state index in [2.05, 4.69) is 45.5 Å². The lowest BCUT2D eigenvalue weighted by Gasteiger charge is -2.39. The Hall–Kier alpha value is -1.69. The zero-order chi connectivity index (χ0) is 18.6. The van der Waals surface area contributed by atoms with Gasteiger partial charge in [-0.1, -0.05) is 40.2 Å². The molecule has 2 aromatic rings. The zero-order valence-electron chi connectivity index (χ0n) is 15.3. The van der Waals surface area contributed by atoms with Crippen molar-refractivity contribution in [2.24, 2.45) is 0 Å². The molecule has 0 spiro atoms. The second-order valence-electron chi connectivity index (χ2n) is 6.96. The van der Waals surface area contributed by atoms with Gasteiger partial charge in [0.15, 0.2) is 0 Å². The van der Waals surface area contributed by atoms with Gasteiger partial charge >= 0.3 is 0 Å². The first-order chi connectivity index (χ1) is 12.5. The van der Waals surface area contributed by atoms with Gasteiger partial charge in [-0.3, -0.25) is 4.79 Å². The van der Waals surface area contributed by atoms with Crippen LogP contribution >= 0.6 is 15.9 Å². The number of nitrogens with zero attached hydrogens (tertiary/aromatic N) is 1. The predicted octanol–water partition coefficient (Wildman–Crippen LogP) is 3.95. The Morgan fingerprint density at radius 2 is 1.88 bits per heavy atom. The molecule has 138 valence electrons. The number of carbonyl (C=O) groups excluding carboxylic acids is 1. The van der Waals surface area contributed by atoms with E-state index in [0.717, 1.165) is 41.7 Å². The van der Waals surface area contributed by atoms with Gasteiger partial charge in [0.25, 0.3) is 5.91 Å². The molecule has 0 atom stereocenters. The third-order valence-electron chi connectivity index (χ3n) is 4.93. The molecule has 26 heavy (non-hydrogen) atoms. The lowest BCUT2D eigenvalue weighted by atomic mass is 9.82. The van der Waals surface area contributed by atoms with Crippen LogP contribution in [0, 0.1) is 0 Å². The third-order valence-corrected chi connectivity index (χ3v) is 5.43. The molecule has 1 amide bonds. The number of benzene rings is 2. The maximum absolute atomic E-state index is 12.2. The Bertz CT molecular complexity index is 770. The summed E-state index contributed by atoms with van der Waals surface area (Å²) in [4.78, 5) is 13.8. The van der Waals surface area contributed by atoms with Gasteiger partial charge < -0.3 is 15.0 Å². The van der Waals surface area contributed by atoms with E-state index in [0.29, 0.717) is 6.54 Å². The van der Waals surface area contributed by atoms with Crippen LogP contribution in [-0.2, 0) is 16.8 Å². The summed E-state index contributed by atoms with van der Waals surface area (Å²) in [5.41, 5.74) is 3.00. The summed E-state index contributed by atoms with van der Waals surface area (Å²) in [5, 5.41) is 3.76. The van der Waals surface area contributed by atoms with Gasteiger partial charge in [0, 0.05) is 49.4 Å². The van der Waals surface area contributed by atoms with Crippen LogP contribution in [0.4, 0.5) is 0 Å². The van der Waals surface area contributed by atoms with E-state index in [-0.39, 0.29) is 11.4 Å². The molecule has 3 rings (SSSR count). The van der Waals surface area contributed by atoms with E-state index in [9.17, 15) is 4.79 Å². The largest absolute Gasteiger partial charge is 0.381 e. The van der Waals surface area contributed by atoms with Crippen molar-refractivity contribution < 1.29 is 9.53 Å². The second kappa shape index (κ2) is 8.33. The van der Waals surface area contributed by atoms with E-state index in [1.165, 1.54) is 5.56 Å². The van der Waals surface area contributed by atoms with Gasteiger partial charge in [-0.15, -0.1) is 0 Å². The molecule has 2 aromatic carbocycles. The number of hydrogen-bond donors (Lipinski definition) is 1. The average Bonchev–Trinajstić information content (AvgIpc) is 2.67. The van der Waals surface area contributed by atoms with Crippen LogP contribution < -0.4 is 5.32 Å². The number of halogens is 1. The normalized spacial score (nSPS) is 16.3. The Morgan fingerprint density at radius 3 is 2.58 bits per heavy atom. The lowest BCUT2D eigenvalue weighted by Crippen LogP contribution is -2.46. The van der Waals surface area contributed by atoms with Crippen molar-refractivity contribution in [1.29, 1.82) is 0 Å². The van der Waals surface area contributed by atoms with E-state index in [1.807, 2.05) is 24.3 Å². The molecule has 0 radical (unpaired) electrons. The molecule has 1 N–H and O–H groups in total.